The second-order valence-corrected chi connectivity index (χ2v) is 7.75. The Balaban J connectivity index is 1.72. The molecule has 2 aliphatic heterocycles. The number of aromatic nitrogens is 4. The molecular formula is C20H22N4O6. The largest absolute Gasteiger partial charge is 0.497 e. The van der Waals surface area contributed by atoms with Crippen LogP contribution >= 0.6 is 0 Å². The standard InChI is InChI=1S/C20H22N4O6/c1-20(2)29-14-12(8-25)28-19(15(14)30-20)24-16(10-5-4-6-11(7-10)27-3)23-13-17(24)21-9-22-18(13)26/h4-7,9,12,14-15,19,25H,8H2,1-3H3,(H,21,22,26). The van der Waals surface area contributed by atoms with Crippen molar-refractivity contribution in [1.82, 2.24) is 19.5 Å². The van der Waals surface area contributed by atoms with Gasteiger partial charge in [0.2, 0.25) is 0 Å². The Morgan fingerprint density at radius 2 is 2.10 bits per heavy atom. The Morgan fingerprint density at radius 3 is 2.87 bits per heavy atom. The summed E-state index contributed by atoms with van der Waals surface area (Å²) in [6, 6.07) is 7.34. The molecule has 0 radical (unpaired) electrons. The van der Waals surface area contributed by atoms with Crippen molar-refractivity contribution in [2.45, 2.75) is 44.2 Å². The van der Waals surface area contributed by atoms with Gasteiger partial charge in [-0.05, 0) is 26.0 Å². The first-order valence-corrected chi connectivity index (χ1v) is 9.64. The Hall–Kier alpha value is -2.79. The van der Waals surface area contributed by atoms with Crippen LogP contribution in [0.25, 0.3) is 22.6 Å². The molecule has 4 atom stereocenters. The Kier molecular flexibility index (Phi) is 4.40. The van der Waals surface area contributed by atoms with Gasteiger partial charge in [0.05, 0.1) is 20.0 Å². The number of nitrogens with zero attached hydrogens (tertiary/aromatic N) is 3. The molecule has 4 heterocycles. The summed E-state index contributed by atoms with van der Waals surface area (Å²) in [5.41, 5.74) is 0.894. The first-order valence-electron chi connectivity index (χ1n) is 9.64. The van der Waals surface area contributed by atoms with Crippen molar-refractivity contribution >= 4 is 11.2 Å². The molecule has 3 aromatic rings. The average molecular weight is 414 g/mol. The highest BCUT2D eigenvalue weighted by Crippen LogP contribution is 2.45. The summed E-state index contributed by atoms with van der Waals surface area (Å²) in [7, 11) is 1.58. The predicted molar refractivity (Wildman–Crippen MR) is 105 cm³/mol. The van der Waals surface area contributed by atoms with Crippen LogP contribution in [0.2, 0.25) is 0 Å². The molecule has 30 heavy (non-hydrogen) atoms. The predicted octanol–water partition coefficient (Wildman–Crippen LogP) is 1.20. The number of H-pyrrole nitrogens is 1. The summed E-state index contributed by atoms with van der Waals surface area (Å²) in [6.07, 6.45) is -0.939. The lowest BCUT2D eigenvalue weighted by Crippen LogP contribution is -2.31. The molecule has 5 rings (SSSR count). The van der Waals surface area contributed by atoms with Crippen LogP contribution in [-0.2, 0) is 14.2 Å². The number of fused-ring (bicyclic) bond motifs is 2. The maximum Gasteiger partial charge on any atom is 0.278 e. The molecule has 2 aromatic heterocycles. The lowest BCUT2D eigenvalue weighted by Gasteiger charge is -2.25. The van der Waals surface area contributed by atoms with Crippen molar-refractivity contribution in [3.05, 3.63) is 40.9 Å². The number of benzene rings is 1. The van der Waals surface area contributed by atoms with Gasteiger partial charge in [0.15, 0.2) is 23.2 Å². The van der Waals surface area contributed by atoms with E-state index < -0.39 is 30.3 Å². The summed E-state index contributed by atoms with van der Waals surface area (Å²) in [6.45, 7) is 3.40. The second-order valence-electron chi connectivity index (χ2n) is 7.75. The van der Waals surface area contributed by atoms with Gasteiger partial charge in [-0.25, -0.2) is 9.97 Å². The van der Waals surface area contributed by atoms with Crippen LogP contribution in [0.3, 0.4) is 0 Å². The van der Waals surface area contributed by atoms with Crippen LogP contribution in [0.4, 0.5) is 0 Å². The Labute approximate surface area is 171 Å². The van der Waals surface area contributed by atoms with Crippen LogP contribution in [-0.4, -0.2) is 62.4 Å². The molecule has 0 saturated carbocycles. The van der Waals surface area contributed by atoms with Crippen LogP contribution < -0.4 is 10.3 Å². The molecule has 10 heteroatoms. The van der Waals surface area contributed by atoms with E-state index in [1.807, 2.05) is 38.1 Å². The van der Waals surface area contributed by atoms with Crippen molar-refractivity contribution in [2.75, 3.05) is 13.7 Å². The highest BCUT2D eigenvalue weighted by atomic mass is 16.8. The molecule has 0 amide bonds. The summed E-state index contributed by atoms with van der Waals surface area (Å²) < 4.78 is 25.3. The maximum absolute atomic E-state index is 12.4. The van der Waals surface area contributed by atoms with Crippen LogP contribution in [0.1, 0.15) is 20.1 Å². The zero-order valence-corrected chi connectivity index (χ0v) is 16.7. The van der Waals surface area contributed by atoms with Gasteiger partial charge in [0.25, 0.3) is 5.56 Å². The van der Waals surface area contributed by atoms with Crippen molar-refractivity contribution in [3.8, 4) is 17.1 Å². The van der Waals surface area contributed by atoms with E-state index in [4.69, 9.17) is 18.9 Å². The number of aromatic amines is 1. The molecule has 0 bridgehead atoms. The molecule has 2 aliphatic rings. The molecule has 1 aromatic carbocycles. The van der Waals surface area contributed by atoms with E-state index in [1.54, 1.807) is 11.7 Å². The zero-order chi connectivity index (χ0) is 21.0. The highest BCUT2D eigenvalue weighted by molar-refractivity contribution is 5.76. The fourth-order valence-electron chi connectivity index (χ4n) is 4.14. The third-order valence-electron chi connectivity index (χ3n) is 5.37. The first kappa shape index (κ1) is 19.2. The molecule has 2 fully saturated rings. The summed E-state index contributed by atoms with van der Waals surface area (Å²) in [5, 5.41) is 9.84. The zero-order valence-electron chi connectivity index (χ0n) is 16.7. The molecule has 4 unspecified atom stereocenters. The number of hydrogen-bond donors (Lipinski definition) is 2. The normalized spacial score (nSPS) is 27.5. The number of aliphatic hydroxyl groups excluding tert-OH is 1. The van der Waals surface area contributed by atoms with Crippen LogP contribution in [0.15, 0.2) is 35.4 Å². The smallest absolute Gasteiger partial charge is 0.278 e. The summed E-state index contributed by atoms with van der Waals surface area (Å²) >= 11 is 0. The van der Waals surface area contributed by atoms with Crippen LogP contribution in [0.5, 0.6) is 5.75 Å². The van der Waals surface area contributed by atoms with Crippen molar-refractivity contribution in [3.63, 3.8) is 0 Å². The minimum absolute atomic E-state index is 0.182. The average Bonchev–Trinajstić information content (AvgIpc) is 3.37. The van der Waals surface area contributed by atoms with E-state index in [0.717, 1.165) is 5.56 Å². The second kappa shape index (κ2) is 6.88. The van der Waals surface area contributed by atoms with E-state index in [0.29, 0.717) is 17.2 Å². The molecule has 0 spiro atoms. The number of imidazole rings is 1. The van der Waals surface area contributed by atoms with Gasteiger partial charge in [-0.3, -0.25) is 9.36 Å². The summed E-state index contributed by atoms with van der Waals surface area (Å²) in [5.74, 6) is 0.291. The molecular weight excluding hydrogens is 392 g/mol. The fraction of sp³-hybridized carbons (Fsp3) is 0.450. The van der Waals surface area contributed by atoms with Gasteiger partial charge in [-0.2, -0.15) is 0 Å². The lowest BCUT2D eigenvalue weighted by atomic mass is 10.1. The molecule has 2 N–H and O–H groups in total. The van der Waals surface area contributed by atoms with Crippen molar-refractivity contribution < 1.29 is 24.1 Å². The number of hydrogen-bond acceptors (Lipinski definition) is 8. The van der Waals surface area contributed by atoms with Crippen molar-refractivity contribution in [2.24, 2.45) is 0 Å². The summed E-state index contributed by atoms with van der Waals surface area (Å²) in [4.78, 5) is 23.9. The van der Waals surface area contributed by atoms with Gasteiger partial charge in [-0.15, -0.1) is 0 Å². The highest BCUT2D eigenvalue weighted by Gasteiger charge is 2.56. The molecule has 10 nitrogen and oxygen atoms in total. The lowest BCUT2D eigenvalue weighted by molar-refractivity contribution is -0.199. The van der Waals surface area contributed by atoms with Gasteiger partial charge in [-0.1, -0.05) is 12.1 Å². The topological polar surface area (TPSA) is 121 Å². The monoisotopic (exact) mass is 414 g/mol. The van der Waals surface area contributed by atoms with E-state index in [-0.39, 0.29) is 17.7 Å². The molecule has 2 saturated heterocycles. The van der Waals surface area contributed by atoms with Crippen molar-refractivity contribution in [1.29, 1.82) is 0 Å². The number of nitrogens with one attached hydrogen (secondary N) is 1. The number of aliphatic hydroxyl groups is 1. The number of methoxy groups -OCH3 is 1. The molecule has 158 valence electrons. The third-order valence-corrected chi connectivity index (χ3v) is 5.37. The SMILES string of the molecule is COc1cccc(-c2nc3c(=O)[nH]cnc3n2C2OC(CO)C3OC(C)(C)OC32)c1. The number of ether oxygens (including phenoxy) is 4. The van der Waals surface area contributed by atoms with Gasteiger partial charge in [0, 0.05) is 5.56 Å². The maximum atomic E-state index is 12.4. The van der Waals surface area contributed by atoms with Gasteiger partial charge >= 0.3 is 0 Å². The Morgan fingerprint density at radius 1 is 1.30 bits per heavy atom. The fourth-order valence-corrected chi connectivity index (χ4v) is 4.14. The minimum Gasteiger partial charge on any atom is -0.497 e. The molecule has 0 aliphatic carbocycles. The Bertz CT molecular complexity index is 1160. The first-order chi connectivity index (χ1) is 14.4. The minimum atomic E-state index is -0.831. The third kappa shape index (κ3) is 2.91. The van der Waals surface area contributed by atoms with Gasteiger partial charge < -0.3 is 29.0 Å². The van der Waals surface area contributed by atoms with E-state index in [1.165, 1.54) is 6.33 Å². The van der Waals surface area contributed by atoms with Gasteiger partial charge in [0.1, 0.15) is 29.9 Å². The quantitative estimate of drug-likeness (QED) is 0.653. The van der Waals surface area contributed by atoms with E-state index in [2.05, 4.69) is 15.0 Å². The van der Waals surface area contributed by atoms with Crippen LogP contribution in [0, 0.1) is 0 Å². The van der Waals surface area contributed by atoms with E-state index in [9.17, 15) is 9.90 Å². The number of rotatable bonds is 4. The van der Waals surface area contributed by atoms with E-state index >= 15 is 0 Å².